The Morgan fingerprint density at radius 2 is 1.75 bits per heavy atom. The number of hydrogen-bond donors (Lipinski definition) is 2. The predicted octanol–water partition coefficient (Wildman–Crippen LogP) is 4.54. The van der Waals surface area contributed by atoms with Crippen LogP contribution < -0.4 is 10.1 Å². The minimum absolute atomic E-state index is 0.00155. The summed E-state index contributed by atoms with van der Waals surface area (Å²) in [7, 11) is 0. The van der Waals surface area contributed by atoms with Crippen LogP contribution >= 0.6 is 0 Å². The molecule has 3 rings (SSSR count). The quantitative estimate of drug-likeness (QED) is 0.562. The maximum absolute atomic E-state index is 12.9. The topological polar surface area (TPSA) is 76.4 Å². The van der Waals surface area contributed by atoms with Crippen LogP contribution in [0.25, 0.3) is 5.69 Å². The molecule has 2 aromatic carbocycles. The molecule has 8 heteroatoms. The lowest BCUT2D eigenvalue weighted by molar-refractivity contribution is -0.0498. The molecular weight excluding hydrogens is 416 g/mol. The first-order chi connectivity index (χ1) is 15.0. The highest BCUT2D eigenvalue weighted by Gasteiger charge is 2.27. The van der Waals surface area contributed by atoms with Crippen LogP contribution in [0.2, 0.25) is 0 Å². The Balaban J connectivity index is 1.74. The van der Waals surface area contributed by atoms with Crippen LogP contribution in [0, 0.1) is 6.92 Å². The number of nitrogens with one attached hydrogen (secondary N) is 1. The first-order valence-electron chi connectivity index (χ1n) is 10.2. The standard InChI is InChI=1S/C24H27F2N3O3/c1-15-5-9-17(10-6-15)29-14-19(21(28-29)24(2,3)4)22(31)27-13-20(30)16-7-11-18(12-8-16)32-23(25)26/h5-12,14,20,23,30H,13H2,1-4H3,(H,27,31)/t20-/m0/s1. The number of aromatic nitrogens is 2. The summed E-state index contributed by atoms with van der Waals surface area (Å²) in [5, 5.41) is 17.8. The molecule has 0 unspecified atom stereocenters. The first-order valence-corrected chi connectivity index (χ1v) is 10.2. The number of aliphatic hydroxyl groups excluding tert-OH is 1. The van der Waals surface area contributed by atoms with E-state index in [1.807, 2.05) is 52.0 Å². The molecule has 1 heterocycles. The third-order valence-electron chi connectivity index (χ3n) is 4.91. The smallest absolute Gasteiger partial charge is 0.387 e. The molecule has 3 aromatic rings. The second-order valence-electron chi connectivity index (χ2n) is 8.59. The first kappa shape index (κ1) is 23.4. The fraction of sp³-hybridized carbons (Fsp3) is 0.333. The van der Waals surface area contributed by atoms with Gasteiger partial charge in [-0.2, -0.15) is 13.9 Å². The van der Waals surface area contributed by atoms with Gasteiger partial charge in [-0.05, 0) is 36.8 Å². The Morgan fingerprint density at radius 1 is 1.12 bits per heavy atom. The Bertz CT molecular complexity index is 1060. The molecule has 170 valence electrons. The second kappa shape index (κ2) is 9.48. The van der Waals surface area contributed by atoms with Gasteiger partial charge in [0.15, 0.2) is 0 Å². The van der Waals surface area contributed by atoms with Crippen molar-refractivity contribution in [3.05, 3.63) is 77.1 Å². The number of ether oxygens (including phenoxy) is 1. The Hall–Kier alpha value is -3.26. The Kier molecular flexibility index (Phi) is 6.93. The lowest BCUT2D eigenvalue weighted by atomic mass is 9.89. The van der Waals surface area contributed by atoms with Gasteiger partial charge in [-0.1, -0.05) is 50.6 Å². The van der Waals surface area contributed by atoms with Crippen molar-refractivity contribution in [2.45, 2.75) is 45.8 Å². The van der Waals surface area contributed by atoms with E-state index in [0.717, 1.165) is 11.3 Å². The molecule has 0 aliphatic heterocycles. The number of benzene rings is 2. The van der Waals surface area contributed by atoms with Crippen LogP contribution in [-0.4, -0.2) is 34.0 Å². The van der Waals surface area contributed by atoms with Gasteiger partial charge in [-0.3, -0.25) is 4.79 Å². The lowest BCUT2D eigenvalue weighted by Gasteiger charge is -2.18. The molecule has 1 amide bonds. The normalized spacial score (nSPS) is 12.6. The average molecular weight is 443 g/mol. The maximum Gasteiger partial charge on any atom is 0.387 e. The second-order valence-corrected chi connectivity index (χ2v) is 8.59. The zero-order chi connectivity index (χ0) is 23.5. The Morgan fingerprint density at radius 3 is 2.31 bits per heavy atom. The lowest BCUT2D eigenvalue weighted by Crippen LogP contribution is -2.30. The van der Waals surface area contributed by atoms with Crippen molar-refractivity contribution in [1.82, 2.24) is 15.1 Å². The van der Waals surface area contributed by atoms with Crippen molar-refractivity contribution < 1.29 is 23.4 Å². The zero-order valence-electron chi connectivity index (χ0n) is 18.5. The van der Waals surface area contributed by atoms with Crippen LogP contribution in [0.15, 0.2) is 54.7 Å². The summed E-state index contributed by atoms with van der Waals surface area (Å²) >= 11 is 0. The number of aryl methyl sites for hydroxylation is 1. The summed E-state index contributed by atoms with van der Waals surface area (Å²) in [5.41, 5.74) is 3.12. The zero-order valence-corrected chi connectivity index (χ0v) is 18.5. The summed E-state index contributed by atoms with van der Waals surface area (Å²) in [4.78, 5) is 12.9. The summed E-state index contributed by atoms with van der Waals surface area (Å²) < 4.78 is 30.5. The molecule has 6 nitrogen and oxygen atoms in total. The van der Waals surface area contributed by atoms with E-state index in [2.05, 4.69) is 15.2 Å². The van der Waals surface area contributed by atoms with Crippen molar-refractivity contribution in [3.8, 4) is 11.4 Å². The molecule has 2 N–H and O–H groups in total. The van der Waals surface area contributed by atoms with Crippen molar-refractivity contribution >= 4 is 5.91 Å². The SMILES string of the molecule is Cc1ccc(-n2cc(C(=O)NC[C@H](O)c3ccc(OC(F)F)cc3)c(C(C)(C)C)n2)cc1. The van der Waals surface area contributed by atoms with Gasteiger partial charge in [0.05, 0.1) is 23.0 Å². The minimum Gasteiger partial charge on any atom is -0.435 e. The van der Waals surface area contributed by atoms with Crippen LogP contribution in [0.4, 0.5) is 8.78 Å². The van der Waals surface area contributed by atoms with E-state index in [1.165, 1.54) is 24.3 Å². The molecule has 0 radical (unpaired) electrons. The molecule has 0 saturated heterocycles. The van der Waals surface area contributed by atoms with Crippen molar-refractivity contribution in [1.29, 1.82) is 0 Å². The number of halogens is 2. The highest BCUT2D eigenvalue weighted by atomic mass is 19.3. The van der Waals surface area contributed by atoms with Gasteiger partial charge in [0, 0.05) is 18.2 Å². The highest BCUT2D eigenvalue weighted by molar-refractivity contribution is 5.95. The summed E-state index contributed by atoms with van der Waals surface area (Å²) in [6.45, 7) is 4.96. The molecule has 0 saturated carbocycles. The largest absolute Gasteiger partial charge is 0.435 e. The Labute approximate surface area is 185 Å². The summed E-state index contributed by atoms with van der Waals surface area (Å²) in [6, 6.07) is 13.5. The highest BCUT2D eigenvalue weighted by Crippen LogP contribution is 2.26. The molecule has 1 aromatic heterocycles. The van der Waals surface area contributed by atoms with Crippen LogP contribution in [0.3, 0.4) is 0 Å². The van der Waals surface area contributed by atoms with Gasteiger partial charge < -0.3 is 15.2 Å². The number of amides is 1. The van der Waals surface area contributed by atoms with Gasteiger partial charge in [-0.25, -0.2) is 4.68 Å². The van der Waals surface area contributed by atoms with Crippen LogP contribution in [-0.2, 0) is 5.41 Å². The van der Waals surface area contributed by atoms with Gasteiger partial charge in [0.25, 0.3) is 5.91 Å². The molecule has 0 aliphatic carbocycles. The summed E-state index contributed by atoms with van der Waals surface area (Å²) in [5.74, 6) is -0.358. The number of carbonyl (C=O) groups is 1. The number of hydrogen-bond acceptors (Lipinski definition) is 4. The van der Waals surface area contributed by atoms with Crippen molar-refractivity contribution in [2.24, 2.45) is 0 Å². The van der Waals surface area contributed by atoms with Crippen molar-refractivity contribution in [2.75, 3.05) is 6.54 Å². The van der Waals surface area contributed by atoms with E-state index in [4.69, 9.17) is 0 Å². The monoisotopic (exact) mass is 443 g/mol. The van der Waals surface area contributed by atoms with E-state index in [0.29, 0.717) is 16.8 Å². The molecule has 1 atom stereocenters. The average Bonchev–Trinajstić information content (AvgIpc) is 3.18. The number of alkyl halides is 2. The van der Waals surface area contributed by atoms with E-state index in [-0.39, 0.29) is 23.6 Å². The molecule has 0 aliphatic rings. The van der Waals surface area contributed by atoms with E-state index in [9.17, 15) is 18.7 Å². The number of carbonyl (C=O) groups excluding carboxylic acids is 1. The van der Waals surface area contributed by atoms with Crippen molar-refractivity contribution in [3.63, 3.8) is 0 Å². The van der Waals surface area contributed by atoms with Gasteiger partial charge in [-0.15, -0.1) is 0 Å². The van der Waals surface area contributed by atoms with Gasteiger partial charge in [0.1, 0.15) is 5.75 Å². The third kappa shape index (κ3) is 5.70. The number of rotatable bonds is 7. The molecule has 32 heavy (non-hydrogen) atoms. The molecule has 0 spiro atoms. The number of aliphatic hydroxyl groups is 1. The molecular formula is C24H27F2N3O3. The number of nitrogens with zero attached hydrogens (tertiary/aromatic N) is 2. The predicted molar refractivity (Wildman–Crippen MR) is 117 cm³/mol. The fourth-order valence-electron chi connectivity index (χ4n) is 3.20. The van der Waals surface area contributed by atoms with Crippen LogP contribution in [0.5, 0.6) is 5.75 Å². The molecule has 0 fully saturated rings. The van der Waals surface area contributed by atoms with E-state index in [1.54, 1.807) is 10.9 Å². The van der Waals surface area contributed by atoms with Gasteiger partial charge in [0.2, 0.25) is 0 Å². The summed E-state index contributed by atoms with van der Waals surface area (Å²) in [6.07, 6.45) is 0.675. The maximum atomic E-state index is 12.9. The third-order valence-corrected chi connectivity index (χ3v) is 4.91. The molecule has 0 bridgehead atoms. The minimum atomic E-state index is -2.91. The van der Waals surface area contributed by atoms with E-state index >= 15 is 0 Å². The van der Waals surface area contributed by atoms with Gasteiger partial charge >= 0.3 is 6.61 Å². The van der Waals surface area contributed by atoms with Crippen LogP contribution in [0.1, 0.15) is 54.1 Å². The fourth-order valence-corrected chi connectivity index (χ4v) is 3.20. The van der Waals surface area contributed by atoms with E-state index < -0.39 is 12.7 Å².